The Kier molecular flexibility index (Phi) is 5.38. The largest absolute Gasteiger partial charge is 0.367 e. The van der Waals surface area contributed by atoms with Gasteiger partial charge < -0.3 is 4.90 Å². The fraction of sp³-hybridized carbons (Fsp3) is 0.545. The molecule has 0 aromatic heterocycles. The molecule has 4 rings (SSSR count). The number of piperidine rings is 2. The Labute approximate surface area is 172 Å². The highest BCUT2D eigenvalue weighted by Gasteiger charge is 2.44. The summed E-state index contributed by atoms with van der Waals surface area (Å²) in [7, 11) is -4.05. The molecule has 2 saturated heterocycles. The molecule has 0 radical (unpaired) electrons. The van der Waals surface area contributed by atoms with Crippen molar-refractivity contribution in [1.82, 2.24) is 9.21 Å². The molecule has 1 unspecified atom stereocenters. The first-order valence-corrected chi connectivity index (χ1v) is 11.9. The highest BCUT2D eigenvalue weighted by molar-refractivity contribution is 7.94. The van der Waals surface area contributed by atoms with Gasteiger partial charge in [0.1, 0.15) is 5.70 Å². The number of hydrogen-bond acceptors (Lipinski definition) is 5. The van der Waals surface area contributed by atoms with Crippen LogP contribution in [-0.2, 0) is 10.0 Å². The van der Waals surface area contributed by atoms with E-state index in [1.165, 1.54) is 4.31 Å². The predicted octanol–water partition coefficient (Wildman–Crippen LogP) is 3.07. The predicted molar refractivity (Wildman–Crippen MR) is 111 cm³/mol. The van der Waals surface area contributed by atoms with Gasteiger partial charge in [-0.25, -0.2) is 8.42 Å². The molecule has 1 atom stereocenters. The number of fused-ring (bicyclic) bond motifs is 1. The third-order valence-corrected chi connectivity index (χ3v) is 8.28. The van der Waals surface area contributed by atoms with Crippen molar-refractivity contribution >= 4 is 21.6 Å². The van der Waals surface area contributed by atoms with Gasteiger partial charge in [-0.2, -0.15) is 4.31 Å². The minimum Gasteiger partial charge on any atom is -0.367 e. The van der Waals surface area contributed by atoms with Crippen LogP contribution in [0.5, 0.6) is 0 Å². The molecule has 2 heterocycles. The summed E-state index contributed by atoms with van der Waals surface area (Å²) in [4.78, 5) is 28.3. The van der Waals surface area contributed by atoms with Crippen molar-refractivity contribution in [1.29, 1.82) is 0 Å². The van der Waals surface area contributed by atoms with Crippen molar-refractivity contribution in [2.24, 2.45) is 11.8 Å². The lowest BCUT2D eigenvalue weighted by molar-refractivity contribution is 0.0931. The zero-order valence-corrected chi connectivity index (χ0v) is 17.9. The summed E-state index contributed by atoms with van der Waals surface area (Å²) >= 11 is 0. The van der Waals surface area contributed by atoms with Gasteiger partial charge in [0.25, 0.3) is 0 Å². The van der Waals surface area contributed by atoms with Crippen LogP contribution in [0.1, 0.15) is 60.2 Å². The van der Waals surface area contributed by atoms with Crippen molar-refractivity contribution in [2.45, 2.75) is 39.5 Å². The third-order valence-electron chi connectivity index (χ3n) is 6.37. The number of hydrogen-bond donors (Lipinski definition) is 0. The average Bonchev–Trinajstić information content (AvgIpc) is 2.71. The maximum atomic E-state index is 13.6. The Morgan fingerprint density at radius 3 is 2.10 bits per heavy atom. The van der Waals surface area contributed by atoms with Gasteiger partial charge in [0, 0.05) is 37.3 Å². The second-order valence-electron chi connectivity index (χ2n) is 8.66. The summed E-state index contributed by atoms with van der Waals surface area (Å²) in [6, 6.07) is 6.56. The zero-order chi connectivity index (χ0) is 20.8. The molecule has 1 aliphatic carbocycles. The highest BCUT2D eigenvalue weighted by Crippen LogP contribution is 2.35. The zero-order valence-electron chi connectivity index (χ0n) is 17.1. The molecular weight excluding hydrogens is 388 g/mol. The molecule has 6 nitrogen and oxygen atoms in total. The topological polar surface area (TPSA) is 74.8 Å². The number of sulfonamides is 1. The van der Waals surface area contributed by atoms with E-state index >= 15 is 0 Å². The monoisotopic (exact) mass is 416 g/mol. The number of Topliss-reactive ketones (excluding diaryl/α,β-unsaturated/α-hetero) is 2. The van der Waals surface area contributed by atoms with Crippen LogP contribution in [-0.4, -0.2) is 55.4 Å². The third kappa shape index (κ3) is 3.55. The smallest absolute Gasteiger partial charge is 0.249 e. The van der Waals surface area contributed by atoms with E-state index in [1.54, 1.807) is 24.3 Å². The molecule has 2 aliphatic heterocycles. The van der Waals surface area contributed by atoms with E-state index < -0.39 is 15.8 Å². The lowest BCUT2D eigenvalue weighted by atomic mass is 9.90. The van der Waals surface area contributed by atoms with Gasteiger partial charge in [-0.05, 0) is 37.5 Å². The second-order valence-corrected chi connectivity index (χ2v) is 10.5. The van der Waals surface area contributed by atoms with Gasteiger partial charge in [-0.3, -0.25) is 9.59 Å². The Bertz CT molecular complexity index is 974. The first kappa shape index (κ1) is 20.3. The molecule has 0 N–H and O–H groups in total. The average molecular weight is 417 g/mol. The van der Waals surface area contributed by atoms with Gasteiger partial charge in [0.2, 0.25) is 21.6 Å². The molecule has 1 aromatic rings. The maximum absolute atomic E-state index is 13.6. The van der Waals surface area contributed by atoms with Crippen LogP contribution in [0.25, 0.3) is 0 Å². The van der Waals surface area contributed by atoms with E-state index in [2.05, 4.69) is 6.92 Å². The summed E-state index contributed by atoms with van der Waals surface area (Å²) in [5.74, 6) is -0.137. The van der Waals surface area contributed by atoms with E-state index in [-0.39, 0.29) is 27.9 Å². The lowest BCUT2D eigenvalue weighted by Gasteiger charge is -2.37. The van der Waals surface area contributed by atoms with Gasteiger partial charge >= 0.3 is 0 Å². The summed E-state index contributed by atoms with van der Waals surface area (Å²) in [6.07, 6.45) is 3.49. The Balaban J connectivity index is 1.86. The maximum Gasteiger partial charge on any atom is 0.249 e. The van der Waals surface area contributed by atoms with E-state index in [0.29, 0.717) is 37.7 Å². The standard InChI is InChI=1S/C22H28N2O4S/c1-15-9-12-23(13-10-15)19-20(25)17-7-3-4-8-18(17)21(26)22(19)29(27,28)24-11-5-6-16(2)14-24/h3-4,7-8,15-16H,5-6,9-14H2,1-2H3. The quantitative estimate of drug-likeness (QED) is 0.757. The minimum absolute atomic E-state index is 0.0822. The van der Waals surface area contributed by atoms with Crippen LogP contribution in [0, 0.1) is 11.8 Å². The van der Waals surface area contributed by atoms with Crippen LogP contribution in [0.3, 0.4) is 0 Å². The molecule has 0 saturated carbocycles. The van der Waals surface area contributed by atoms with Crippen molar-refractivity contribution in [3.05, 3.63) is 46.0 Å². The van der Waals surface area contributed by atoms with Gasteiger partial charge in [0.05, 0.1) is 0 Å². The number of ketones is 2. The molecule has 0 amide bonds. The van der Waals surface area contributed by atoms with E-state index in [9.17, 15) is 18.0 Å². The second kappa shape index (κ2) is 7.69. The van der Waals surface area contributed by atoms with Crippen molar-refractivity contribution in [2.75, 3.05) is 26.2 Å². The van der Waals surface area contributed by atoms with Crippen molar-refractivity contribution in [3.8, 4) is 0 Å². The number of benzene rings is 1. The molecule has 7 heteroatoms. The first-order valence-electron chi connectivity index (χ1n) is 10.5. The van der Waals surface area contributed by atoms with Crippen LogP contribution in [0.4, 0.5) is 0 Å². The van der Waals surface area contributed by atoms with E-state index in [1.807, 2.05) is 11.8 Å². The highest BCUT2D eigenvalue weighted by atomic mass is 32.2. The first-order chi connectivity index (χ1) is 13.8. The molecule has 0 bridgehead atoms. The minimum atomic E-state index is -4.05. The van der Waals surface area contributed by atoms with Crippen LogP contribution in [0.15, 0.2) is 34.9 Å². The summed E-state index contributed by atoms with van der Waals surface area (Å²) in [5, 5.41) is 0. The van der Waals surface area contributed by atoms with Gasteiger partial charge in [-0.15, -0.1) is 0 Å². The van der Waals surface area contributed by atoms with Crippen LogP contribution < -0.4 is 0 Å². The molecular formula is C22H28N2O4S. The van der Waals surface area contributed by atoms with E-state index in [4.69, 9.17) is 0 Å². The summed E-state index contributed by atoms with van der Waals surface area (Å²) in [5.41, 5.74) is 0.575. The Morgan fingerprint density at radius 1 is 0.862 bits per heavy atom. The number of carbonyl (C=O) groups is 2. The SMILES string of the molecule is CC1CCN(C2=C(S(=O)(=O)N3CCCC(C)C3)C(=O)c3ccccc3C2=O)CC1. The van der Waals surface area contributed by atoms with Gasteiger partial charge in [0.15, 0.2) is 4.91 Å². The fourth-order valence-corrected chi connectivity index (χ4v) is 6.48. The molecule has 2 fully saturated rings. The molecule has 0 spiro atoms. The Morgan fingerprint density at radius 2 is 1.48 bits per heavy atom. The lowest BCUT2D eigenvalue weighted by Crippen LogP contribution is -2.45. The van der Waals surface area contributed by atoms with Crippen LogP contribution in [0.2, 0.25) is 0 Å². The van der Waals surface area contributed by atoms with Crippen molar-refractivity contribution in [3.63, 3.8) is 0 Å². The molecule has 1 aromatic carbocycles. The van der Waals surface area contributed by atoms with Crippen LogP contribution >= 0.6 is 0 Å². The van der Waals surface area contributed by atoms with Crippen molar-refractivity contribution < 1.29 is 18.0 Å². The van der Waals surface area contributed by atoms with E-state index in [0.717, 1.165) is 25.7 Å². The number of allylic oxidation sites excluding steroid dienone is 2. The fourth-order valence-electron chi connectivity index (χ4n) is 4.59. The van der Waals surface area contributed by atoms with Gasteiger partial charge in [-0.1, -0.05) is 38.1 Å². The number of likely N-dealkylation sites (tertiary alicyclic amines) is 1. The molecule has 3 aliphatic rings. The molecule has 156 valence electrons. The molecule has 29 heavy (non-hydrogen) atoms. The number of nitrogens with zero attached hydrogens (tertiary/aromatic N) is 2. The summed E-state index contributed by atoms with van der Waals surface area (Å²) < 4.78 is 28.7. The normalized spacial score (nSPS) is 24.8. The summed E-state index contributed by atoms with van der Waals surface area (Å²) in [6.45, 7) is 6.14. The number of rotatable bonds is 3. The number of carbonyl (C=O) groups excluding carboxylic acids is 2. The Hall–Kier alpha value is -1.99.